The van der Waals surface area contributed by atoms with Gasteiger partial charge >= 0.3 is 0 Å². The summed E-state index contributed by atoms with van der Waals surface area (Å²) in [6.45, 7) is 1.03. The second kappa shape index (κ2) is 6.25. The minimum atomic E-state index is -3.27. The van der Waals surface area contributed by atoms with Crippen molar-refractivity contribution in [2.24, 2.45) is 0 Å². The lowest BCUT2D eigenvalue weighted by Crippen LogP contribution is -2.49. The average Bonchev–Trinajstić information content (AvgIpc) is 2.52. The zero-order valence-electron chi connectivity index (χ0n) is 12.9. The van der Waals surface area contributed by atoms with Crippen molar-refractivity contribution >= 4 is 26.8 Å². The molecule has 0 spiro atoms. The summed E-state index contributed by atoms with van der Waals surface area (Å²) >= 11 is 0. The van der Waals surface area contributed by atoms with Gasteiger partial charge in [0.05, 0.1) is 11.8 Å². The molecular formula is C16H19N3O3S. The predicted octanol–water partition coefficient (Wildman–Crippen LogP) is 1.39. The highest BCUT2D eigenvalue weighted by atomic mass is 32.2. The van der Waals surface area contributed by atoms with Crippen LogP contribution in [0.4, 0.5) is 0 Å². The van der Waals surface area contributed by atoms with Crippen molar-refractivity contribution in [1.29, 1.82) is 0 Å². The van der Waals surface area contributed by atoms with E-state index in [4.69, 9.17) is 0 Å². The molecule has 0 aliphatic carbocycles. The van der Waals surface area contributed by atoms with Crippen LogP contribution in [-0.4, -0.2) is 49.6 Å². The highest BCUT2D eigenvalue weighted by Gasteiger charge is 2.26. The van der Waals surface area contributed by atoms with Gasteiger partial charge in [-0.05, 0) is 31.0 Å². The van der Waals surface area contributed by atoms with Crippen molar-refractivity contribution < 1.29 is 13.2 Å². The zero-order valence-corrected chi connectivity index (χ0v) is 13.7. The third-order valence-electron chi connectivity index (χ3n) is 3.97. The summed E-state index contributed by atoms with van der Waals surface area (Å²) in [6, 6.07) is 8.94. The van der Waals surface area contributed by atoms with Crippen molar-refractivity contribution in [2.45, 2.75) is 18.9 Å². The monoisotopic (exact) mass is 333 g/mol. The molecule has 2 aromatic rings. The number of hydrogen-bond donors (Lipinski definition) is 1. The Morgan fingerprint density at radius 2 is 2.13 bits per heavy atom. The van der Waals surface area contributed by atoms with Crippen molar-refractivity contribution in [2.75, 3.05) is 19.3 Å². The molecule has 3 rings (SSSR count). The Labute approximate surface area is 135 Å². The summed E-state index contributed by atoms with van der Waals surface area (Å²) in [6.07, 6.45) is 4.36. The fourth-order valence-corrected chi connectivity index (χ4v) is 3.82. The second-order valence-corrected chi connectivity index (χ2v) is 7.64. The fourth-order valence-electron chi connectivity index (χ4n) is 3.02. The molecule has 1 unspecified atom stereocenters. The van der Waals surface area contributed by atoms with Gasteiger partial charge in [0.15, 0.2) is 0 Å². The van der Waals surface area contributed by atoms with Crippen LogP contribution in [0.1, 0.15) is 23.2 Å². The van der Waals surface area contributed by atoms with Crippen LogP contribution in [0.3, 0.4) is 0 Å². The van der Waals surface area contributed by atoms with E-state index in [9.17, 15) is 13.2 Å². The number of fused-ring (bicyclic) bond motifs is 1. The molecule has 1 fully saturated rings. The van der Waals surface area contributed by atoms with E-state index >= 15 is 0 Å². The van der Waals surface area contributed by atoms with Gasteiger partial charge in [-0.3, -0.25) is 9.78 Å². The first-order valence-corrected chi connectivity index (χ1v) is 9.43. The Morgan fingerprint density at radius 3 is 2.91 bits per heavy atom. The van der Waals surface area contributed by atoms with Gasteiger partial charge in [-0.15, -0.1) is 0 Å². The number of benzene rings is 1. The zero-order chi connectivity index (χ0) is 16.4. The lowest BCUT2D eigenvalue weighted by Gasteiger charge is -2.33. The SMILES string of the molecule is CS(=O)(=O)NC1CCCN(C(=O)c2cccc3ncccc23)C1. The van der Waals surface area contributed by atoms with Crippen molar-refractivity contribution in [3.8, 4) is 0 Å². The normalized spacial score (nSPS) is 19.0. The van der Waals surface area contributed by atoms with E-state index in [2.05, 4.69) is 9.71 Å². The average molecular weight is 333 g/mol. The number of nitrogens with zero attached hydrogens (tertiary/aromatic N) is 2. The molecule has 1 N–H and O–H groups in total. The molecule has 1 aliphatic heterocycles. The van der Waals surface area contributed by atoms with Crippen LogP contribution < -0.4 is 4.72 Å². The maximum Gasteiger partial charge on any atom is 0.254 e. The molecule has 1 saturated heterocycles. The Morgan fingerprint density at radius 1 is 1.30 bits per heavy atom. The quantitative estimate of drug-likeness (QED) is 0.920. The molecule has 1 aromatic carbocycles. The summed E-state index contributed by atoms with van der Waals surface area (Å²) < 4.78 is 25.4. The number of carbonyl (C=O) groups is 1. The number of amides is 1. The number of pyridine rings is 1. The summed E-state index contributed by atoms with van der Waals surface area (Å²) in [4.78, 5) is 18.8. The van der Waals surface area contributed by atoms with Gasteiger partial charge in [-0.1, -0.05) is 12.1 Å². The Bertz CT molecular complexity index is 830. The van der Waals surface area contributed by atoms with Gasteiger partial charge in [0, 0.05) is 36.3 Å². The molecule has 7 heteroatoms. The molecule has 1 aliphatic rings. The van der Waals surface area contributed by atoms with E-state index in [1.54, 1.807) is 17.2 Å². The van der Waals surface area contributed by atoms with E-state index in [0.717, 1.165) is 30.0 Å². The summed E-state index contributed by atoms with van der Waals surface area (Å²) in [5.74, 6) is -0.0800. The van der Waals surface area contributed by atoms with E-state index in [1.165, 1.54) is 0 Å². The molecule has 6 nitrogen and oxygen atoms in total. The van der Waals surface area contributed by atoms with Crippen molar-refractivity contribution in [1.82, 2.24) is 14.6 Å². The van der Waals surface area contributed by atoms with Crippen molar-refractivity contribution in [3.05, 3.63) is 42.1 Å². The lowest BCUT2D eigenvalue weighted by atomic mass is 10.0. The first-order chi connectivity index (χ1) is 10.9. The molecule has 0 saturated carbocycles. The standard InChI is InChI=1S/C16H19N3O3S/c1-23(21,22)18-12-5-4-10-19(11-12)16(20)14-6-2-8-15-13(14)7-3-9-17-15/h2-3,6-9,12,18H,4-5,10-11H2,1H3. The molecule has 122 valence electrons. The van der Waals surface area contributed by atoms with Crippen LogP contribution in [0.25, 0.3) is 10.9 Å². The minimum absolute atomic E-state index is 0.0800. The molecule has 23 heavy (non-hydrogen) atoms. The summed E-state index contributed by atoms with van der Waals surface area (Å²) in [5, 5.41) is 0.818. The van der Waals surface area contributed by atoms with E-state index in [1.807, 2.05) is 24.3 Å². The molecular weight excluding hydrogens is 314 g/mol. The van der Waals surface area contributed by atoms with Gasteiger partial charge in [0.2, 0.25) is 10.0 Å². The third kappa shape index (κ3) is 3.68. The topological polar surface area (TPSA) is 79.4 Å². The van der Waals surface area contributed by atoms with E-state index < -0.39 is 10.0 Å². The van der Waals surface area contributed by atoms with Gasteiger partial charge < -0.3 is 4.90 Å². The predicted molar refractivity (Wildman–Crippen MR) is 88.6 cm³/mol. The molecule has 2 heterocycles. The van der Waals surface area contributed by atoms with Crippen LogP contribution in [0.2, 0.25) is 0 Å². The second-order valence-electron chi connectivity index (χ2n) is 5.86. The molecule has 0 radical (unpaired) electrons. The number of nitrogens with one attached hydrogen (secondary N) is 1. The Kier molecular flexibility index (Phi) is 4.32. The Hall–Kier alpha value is -1.99. The minimum Gasteiger partial charge on any atom is -0.337 e. The Balaban J connectivity index is 1.84. The van der Waals surface area contributed by atoms with Crippen LogP contribution >= 0.6 is 0 Å². The molecule has 1 amide bonds. The van der Waals surface area contributed by atoms with Crippen molar-refractivity contribution in [3.63, 3.8) is 0 Å². The highest BCUT2D eigenvalue weighted by Crippen LogP contribution is 2.20. The van der Waals surface area contributed by atoms with Crippen LogP contribution in [-0.2, 0) is 10.0 Å². The first kappa shape index (κ1) is 15.9. The number of hydrogen-bond acceptors (Lipinski definition) is 4. The largest absolute Gasteiger partial charge is 0.337 e. The number of aromatic nitrogens is 1. The summed E-state index contributed by atoms with van der Waals surface area (Å²) in [5.41, 5.74) is 1.39. The first-order valence-electron chi connectivity index (χ1n) is 7.54. The van der Waals surface area contributed by atoms with Crippen LogP contribution in [0, 0.1) is 0 Å². The highest BCUT2D eigenvalue weighted by molar-refractivity contribution is 7.88. The maximum atomic E-state index is 12.8. The number of sulfonamides is 1. The van der Waals surface area contributed by atoms with Crippen LogP contribution in [0.15, 0.2) is 36.5 Å². The van der Waals surface area contributed by atoms with Gasteiger partial charge in [-0.2, -0.15) is 0 Å². The smallest absolute Gasteiger partial charge is 0.254 e. The maximum absolute atomic E-state index is 12.8. The molecule has 1 aromatic heterocycles. The molecule has 0 bridgehead atoms. The van der Waals surface area contributed by atoms with Gasteiger partial charge in [-0.25, -0.2) is 13.1 Å². The van der Waals surface area contributed by atoms with Crippen LogP contribution in [0.5, 0.6) is 0 Å². The summed E-state index contributed by atoms with van der Waals surface area (Å²) in [7, 11) is -3.27. The number of piperidine rings is 1. The number of carbonyl (C=O) groups excluding carboxylic acids is 1. The molecule has 1 atom stereocenters. The third-order valence-corrected chi connectivity index (χ3v) is 4.73. The van der Waals surface area contributed by atoms with Gasteiger partial charge in [0.1, 0.15) is 0 Å². The fraction of sp³-hybridized carbons (Fsp3) is 0.375. The van der Waals surface area contributed by atoms with E-state index in [-0.39, 0.29) is 11.9 Å². The number of rotatable bonds is 3. The number of likely N-dealkylation sites (tertiary alicyclic amines) is 1. The lowest BCUT2D eigenvalue weighted by molar-refractivity contribution is 0.0705. The van der Waals surface area contributed by atoms with Gasteiger partial charge in [0.25, 0.3) is 5.91 Å². The van der Waals surface area contributed by atoms with E-state index in [0.29, 0.717) is 18.7 Å².